The van der Waals surface area contributed by atoms with Crippen LogP contribution in [0, 0.1) is 6.92 Å². The summed E-state index contributed by atoms with van der Waals surface area (Å²) in [6.45, 7) is 5.85. The summed E-state index contributed by atoms with van der Waals surface area (Å²) in [5.74, 6) is -1.96. The first kappa shape index (κ1) is 20.8. The summed E-state index contributed by atoms with van der Waals surface area (Å²) in [4.78, 5) is 44.3. The Morgan fingerprint density at radius 2 is 1.79 bits per heavy atom. The van der Waals surface area contributed by atoms with Crippen molar-refractivity contribution in [3.8, 4) is 0 Å². The van der Waals surface area contributed by atoms with E-state index in [9.17, 15) is 14.4 Å². The number of hydrogen-bond donors (Lipinski definition) is 2. The van der Waals surface area contributed by atoms with Crippen molar-refractivity contribution in [3.05, 3.63) is 65.6 Å². The molecule has 7 heteroatoms. The van der Waals surface area contributed by atoms with Gasteiger partial charge in [0, 0.05) is 16.6 Å². The van der Waals surface area contributed by atoms with Crippen molar-refractivity contribution in [2.45, 2.75) is 26.8 Å². The van der Waals surface area contributed by atoms with Crippen LogP contribution in [-0.4, -0.2) is 40.8 Å². The van der Waals surface area contributed by atoms with Crippen LogP contribution in [0.5, 0.6) is 0 Å². The molecule has 2 aromatic heterocycles. The molecule has 0 spiro atoms. The molecule has 0 aliphatic heterocycles. The third-order valence-corrected chi connectivity index (χ3v) is 3.92. The number of ether oxygens (including phenoxy) is 1. The van der Waals surface area contributed by atoms with Crippen molar-refractivity contribution in [2.75, 3.05) is 7.11 Å². The van der Waals surface area contributed by atoms with E-state index in [2.05, 4.69) is 20.0 Å². The van der Waals surface area contributed by atoms with Gasteiger partial charge >= 0.3 is 5.97 Å². The minimum Gasteiger partial charge on any atom is -0.467 e. The van der Waals surface area contributed by atoms with E-state index >= 15 is 0 Å². The Hall–Kier alpha value is -3.48. The summed E-state index contributed by atoms with van der Waals surface area (Å²) in [6.07, 6.45) is 1.62. The molecule has 2 heterocycles. The molecular formula is C21H23N3O4. The van der Waals surface area contributed by atoms with Gasteiger partial charge in [0.2, 0.25) is 0 Å². The molecule has 1 unspecified atom stereocenters. The number of hydrogen-bond acceptors (Lipinski definition) is 5. The third kappa shape index (κ3) is 4.62. The second-order valence-electron chi connectivity index (χ2n) is 5.76. The normalized spacial score (nSPS) is 11.1. The summed E-state index contributed by atoms with van der Waals surface area (Å²) in [7, 11) is 1.16. The highest BCUT2D eigenvalue weighted by atomic mass is 16.5. The number of rotatable bonds is 5. The fourth-order valence-electron chi connectivity index (χ4n) is 2.59. The maximum atomic E-state index is 12.6. The molecule has 3 rings (SSSR count). The fraction of sp³-hybridized carbons (Fsp3) is 0.238. The van der Waals surface area contributed by atoms with Gasteiger partial charge in [-0.1, -0.05) is 44.2 Å². The Kier molecular flexibility index (Phi) is 7.03. The number of aromatic nitrogens is 2. The maximum absolute atomic E-state index is 12.6. The van der Waals surface area contributed by atoms with Crippen LogP contribution >= 0.6 is 0 Å². The smallest absolute Gasteiger partial charge is 0.336 e. The van der Waals surface area contributed by atoms with Crippen LogP contribution in [0.15, 0.2) is 48.7 Å². The van der Waals surface area contributed by atoms with Crippen LogP contribution < -0.4 is 5.32 Å². The SMILES string of the molecule is CC.COC(=O)C(NC(=O)c1cc2cc(C)ncc2[nH]1)C(=O)c1ccccc1. The number of nitrogens with one attached hydrogen (secondary N) is 2. The monoisotopic (exact) mass is 381 g/mol. The van der Waals surface area contributed by atoms with Gasteiger partial charge < -0.3 is 15.0 Å². The number of methoxy groups -OCH3 is 1. The van der Waals surface area contributed by atoms with Crippen molar-refractivity contribution in [1.82, 2.24) is 15.3 Å². The average Bonchev–Trinajstić information content (AvgIpc) is 3.16. The van der Waals surface area contributed by atoms with E-state index in [1.807, 2.05) is 26.8 Å². The zero-order valence-corrected chi connectivity index (χ0v) is 16.3. The Balaban J connectivity index is 0.00000136. The van der Waals surface area contributed by atoms with E-state index in [1.165, 1.54) is 0 Å². The summed E-state index contributed by atoms with van der Waals surface area (Å²) in [6, 6.07) is 10.3. The Morgan fingerprint density at radius 3 is 2.43 bits per heavy atom. The lowest BCUT2D eigenvalue weighted by Crippen LogP contribution is -2.47. The lowest BCUT2D eigenvalue weighted by molar-refractivity contribution is -0.141. The number of benzene rings is 1. The molecule has 0 aliphatic carbocycles. The van der Waals surface area contributed by atoms with Gasteiger partial charge in [0.15, 0.2) is 11.8 Å². The Bertz CT molecular complexity index is 980. The zero-order chi connectivity index (χ0) is 20.7. The van der Waals surface area contributed by atoms with E-state index in [-0.39, 0.29) is 5.69 Å². The lowest BCUT2D eigenvalue weighted by atomic mass is 10.0. The molecule has 0 radical (unpaired) electrons. The van der Waals surface area contributed by atoms with Crippen LogP contribution in [0.3, 0.4) is 0 Å². The Morgan fingerprint density at radius 1 is 1.11 bits per heavy atom. The highest BCUT2D eigenvalue weighted by Crippen LogP contribution is 2.15. The van der Waals surface area contributed by atoms with Gasteiger partial charge in [0.1, 0.15) is 5.69 Å². The Labute approximate surface area is 163 Å². The molecule has 0 fully saturated rings. The van der Waals surface area contributed by atoms with E-state index in [1.54, 1.807) is 42.6 Å². The summed E-state index contributed by atoms with van der Waals surface area (Å²) in [5, 5.41) is 3.25. The van der Waals surface area contributed by atoms with E-state index in [0.717, 1.165) is 18.2 Å². The van der Waals surface area contributed by atoms with Crippen molar-refractivity contribution < 1.29 is 19.1 Å². The minimum atomic E-state index is -1.43. The largest absolute Gasteiger partial charge is 0.467 e. The molecular weight excluding hydrogens is 358 g/mol. The zero-order valence-electron chi connectivity index (χ0n) is 16.3. The number of esters is 1. The van der Waals surface area contributed by atoms with Crippen LogP contribution in [0.4, 0.5) is 0 Å². The molecule has 0 aliphatic rings. The highest BCUT2D eigenvalue weighted by Gasteiger charge is 2.30. The van der Waals surface area contributed by atoms with Gasteiger partial charge in [-0.3, -0.25) is 14.6 Å². The number of ketones is 1. The number of carbonyl (C=O) groups is 3. The molecule has 7 nitrogen and oxygen atoms in total. The van der Waals surface area contributed by atoms with E-state index < -0.39 is 23.7 Å². The van der Waals surface area contributed by atoms with Crippen molar-refractivity contribution >= 4 is 28.6 Å². The predicted octanol–water partition coefficient (Wildman–Crippen LogP) is 3.05. The second-order valence-corrected chi connectivity index (χ2v) is 5.76. The van der Waals surface area contributed by atoms with Gasteiger partial charge in [0.05, 0.1) is 18.8 Å². The van der Waals surface area contributed by atoms with Gasteiger partial charge in [-0.25, -0.2) is 4.79 Å². The second kappa shape index (κ2) is 9.45. The fourth-order valence-corrected chi connectivity index (χ4v) is 2.59. The number of amides is 1. The standard InChI is InChI=1S/C19H17N3O4.C2H6/c1-11-8-13-9-14(21-15(13)10-20-11)18(24)22-16(19(25)26-2)17(23)12-6-4-3-5-7-12;1-2/h3-10,16,21H,1-2H3,(H,22,24);1-2H3. The van der Waals surface area contributed by atoms with E-state index in [0.29, 0.717) is 11.1 Å². The van der Waals surface area contributed by atoms with Gasteiger partial charge in [-0.15, -0.1) is 0 Å². The molecule has 146 valence electrons. The van der Waals surface area contributed by atoms with Crippen molar-refractivity contribution in [3.63, 3.8) is 0 Å². The predicted molar refractivity (Wildman–Crippen MR) is 106 cm³/mol. The average molecular weight is 381 g/mol. The molecule has 28 heavy (non-hydrogen) atoms. The third-order valence-electron chi connectivity index (χ3n) is 3.92. The van der Waals surface area contributed by atoms with E-state index in [4.69, 9.17) is 0 Å². The summed E-state index contributed by atoms with van der Waals surface area (Å²) in [5.41, 5.74) is 2.03. The van der Waals surface area contributed by atoms with Crippen molar-refractivity contribution in [2.24, 2.45) is 0 Å². The number of fused-ring (bicyclic) bond motifs is 1. The first-order valence-electron chi connectivity index (χ1n) is 8.93. The number of nitrogens with zero attached hydrogens (tertiary/aromatic N) is 1. The van der Waals surface area contributed by atoms with Crippen LogP contribution in [-0.2, 0) is 9.53 Å². The number of aryl methyl sites for hydroxylation is 1. The molecule has 1 aromatic carbocycles. The molecule has 2 N–H and O–H groups in total. The molecule has 0 saturated carbocycles. The van der Waals surface area contributed by atoms with Crippen LogP contribution in [0.25, 0.3) is 10.9 Å². The first-order valence-corrected chi connectivity index (χ1v) is 8.93. The van der Waals surface area contributed by atoms with Gasteiger partial charge in [-0.05, 0) is 19.1 Å². The van der Waals surface area contributed by atoms with Gasteiger partial charge in [0.25, 0.3) is 5.91 Å². The number of Topliss-reactive ketones (excluding diaryl/α,β-unsaturated/α-hetero) is 1. The topological polar surface area (TPSA) is 101 Å². The quantitative estimate of drug-likeness (QED) is 0.402. The maximum Gasteiger partial charge on any atom is 0.336 e. The van der Waals surface area contributed by atoms with Crippen LogP contribution in [0.1, 0.15) is 40.4 Å². The molecule has 1 amide bonds. The molecule has 0 saturated heterocycles. The molecule has 0 bridgehead atoms. The number of H-pyrrole nitrogens is 1. The summed E-state index contributed by atoms with van der Waals surface area (Å²) < 4.78 is 4.67. The molecule has 3 aromatic rings. The number of pyridine rings is 1. The highest BCUT2D eigenvalue weighted by molar-refractivity contribution is 6.15. The van der Waals surface area contributed by atoms with Gasteiger partial charge in [-0.2, -0.15) is 0 Å². The summed E-state index contributed by atoms with van der Waals surface area (Å²) >= 11 is 0. The van der Waals surface area contributed by atoms with Crippen molar-refractivity contribution in [1.29, 1.82) is 0 Å². The first-order chi connectivity index (χ1) is 13.5. The van der Waals surface area contributed by atoms with Crippen LogP contribution in [0.2, 0.25) is 0 Å². The minimum absolute atomic E-state index is 0.224. The number of aromatic amines is 1. The number of carbonyl (C=O) groups excluding carboxylic acids is 3. The molecule has 1 atom stereocenters. The lowest BCUT2D eigenvalue weighted by Gasteiger charge is -2.15.